The third-order valence-corrected chi connectivity index (χ3v) is 7.30. The average Bonchev–Trinajstić information content (AvgIpc) is 3.55. The normalized spacial score (nSPS) is 16.5. The summed E-state index contributed by atoms with van der Waals surface area (Å²) in [6.07, 6.45) is 11.5. The molecular weight excluding hydrogens is 492 g/mol. The summed E-state index contributed by atoms with van der Waals surface area (Å²) in [7, 11) is 1.65. The van der Waals surface area contributed by atoms with Gasteiger partial charge < -0.3 is 19.7 Å². The first kappa shape index (κ1) is 26.5. The summed E-state index contributed by atoms with van der Waals surface area (Å²) in [6, 6.07) is 3.95. The first-order valence-corrected chi connectivity index (χ1v) is 13.3. The molecule has 1 amide bonds. The molecule has 2 aliphatic heterocycles. The number of hydrogen-bond acceptors (Lipinski definition) is 6. The molecule has 0 bridgehead atoms. The monoisotopic (exact) mass is 528 g/mol. The first-order chi connectivity index (χ1) is 18.8. The van der Waals surface area contributed by atoms with Crippen molar-refractivity contribution in [3.63, 3.8) is 0 Å². The molecule has 1 saturated heterocycles. The average molecular weight is 529 g/mol. The number of piperazine rings is 1. The van der Waals surface area contributed by atoms with Crippen LogP contribution in [0, 0.1) is 0 Å². The standard InChI is InChI=1S/C30H36N6O3/c1-7-10-21(9-3)36-28-23-14-22(20-16-32-34(17-20)12-8-2)25(38-6)15-26(23)39-18-24(28)27(33-36)29(37)35-13-11-31-19-30(35,4)5/h7-10,14-17,31H,2,11-13,18-19H2,1,3-6H3/b10-7-,21-9+. The van der Waals surface area contributed by atoms with Gasteiger partial charge in [-0.2, -0.15) is 10.2 Å². The molecule has 4 heterocycles. The molecule has 0 spiro atoms. The van der Waals surface area contributed by atoms with Crippen molar-refractivity contribution in [2.24, 2.45) is 0 Å². The predicted octanol–water partition coefficient (Wildman–Crippen LogP) is 4.76. The molecule has 0 aliphatic carbocycles. The van der Waals surface area contributed by atoms with Gasteiger partial charge in [0.2, 0.25) is 0 Å². The summed E-state index contributed by atoms with van der Waals surface area (Å²) in [5.74, 6) is 1.28. The van der Waals surface area contributed by atoms with Crippen LogP contribution >= 0.6 is 0 Å². The SMILES string of the molecule is C=CCn1cc(-c2cc3c(cc2OC)OCc2c(C(=O)N4CCNCC4(C)C)nn(C(/C=C\C)=C/C)c2-3)cn1. The number of hydrogen-bond donors (Lipinski definition) is 1. The van der Waals surface area contributed by atoms with Crippen molar-refractivity contribution in [2.45, 2.75) is 46.4 Å². The van der Waals surface area contributed by atoms with E-state index in [2.05, 4.69) is 30.8 Å². The predicted molar refractivity (Wildman–Crippen MR) is 153 cm³/mol. The minimum absolute atomic E-state index is 0.0843. The number of carbonyl (C=O) groups excluding carboxylic acids is 1. The highest BCUT2D eigenvalue weighted by atomic mass is 16.5. The Bertz CT molecular complexity index is 1480. The Kier molecular flexibility index (Phi) is 7.18. The van der Waals surface area contributed by atoms with Crippen molar-refractivity contribution in [3.8, 4) is 33.9 Å². The summed E-state index contributed by atoms with van der Waals surface area (Å²) in [4.78, 5) is 15.9. The summed E-state index contributed by atoms with van der Waals surface area (Å²) < 4.78 is 15.7. The lowest BCUT2D eigenvalue weighted by Crippen LogP contribution is -2.60. The van der Waals surface area contributed by atoms with E-state index in [1.54, 1.807) is 13.2 Å². The Morgan fingerprint density at radius 1 is 1.28 bits per heavy atom. The van der Waals surface area contributed by atoms with Crippen LogP contribution in [0.15, 0.2) is 55.4 Å². The second-order valence-electron chi connectivity index (χ2n) is 10.3. The topological polar surface area (TPSA) is 86.4 Å². The van der Waals surface area contributed by atoms with Gasteiger partial charge >= 0.3 is 0 Å². The number of ether oxygens (including phenoxy) is 2. The third kappa shape index (κ3) is 4.67. The maximum Gasteiger partial charge on any atom is 0.275 e. The van der Waals surface area contributed by atoms with Gasteiger partial charge in [-0.1, -0.05) is 18.2 Å². The van der Waals surface area contributed by atoms with E-state index in [-0.39, 0.29) is 18.1 Å². The number of fused-ring (bicyclic) bond motifs is 3. The molecule has 1 fully saturated rings. The highest BCUT2D eigenvalue weighted by Crippen LogP contribution is 2.46. The van der Waals surface area contributed by atoms with Crippen LogP contribution < -0.4 is 14.8 Å². The van der Waals surface area contributed by atoms with Gasteiger partial charge in [-0.3, -0.25) is 9.48 Å². The van der Waals surface area contributed by atoms with Gasteiger partial charge in [0.15, 0.2) is 5.69 Å². The molecule has 0 saturated carbocycles. The molecule has 2 aromatic heterocycles. The molecule has 5 rings (SSSR count). The molecule has 2 aliphatic rings. The van der Waals surface area contributed by atoms with Crippen LogP contribution in [0.25, 0.3) is 28.1 Å². The van der Waals surface area contributed by atoms with E-state index < -0.39 is 0 Å². The van der Waals surface area contributed by atoms with Gasteiger partial charge in [-0.15, -0.1) is 6.58 Å². The summed E-state index contributed by atoms with van der Waals surface area (Å²) in [5, 5.41) is 12.8. The van der Waals surface area contributed by atoms with E-state index >= 15 is 0 Å². The maximum absolute atomic E-state index is 14.0. The number of allylic oxidation sites excluding steroid dienone is 5. The smallest absolute Gasteiger partial charge is 0.275 e. The van der Waals surface area contributed by atoms with Crippen LogP contribution in [0.5, 0.6) is 11.5 Å². The van der Waals surface area contributed by atoms with Gasteiger partial charge in [0.05, 0.1) is 36.8 Å². The van der Waals surface area contributed by atoms with Crippen LogP contribution in [-0.4, -0.2) is 62.7 Å². The number of carbonyl (C=O) groups is 1. The van der Waals surface area contributed by atoms with Gasteiger partial charge in [0, 0.05) is 54.2 Å². The van der Waals surface area contributed by atoms with Crippen molar-refractivity contribution in [1.29, 1.82) is 0 Å². The van der Waals surface area contributed by atoms with Crippen molar-refractivity contribution < 1.29 is 14.3 Å². The van der Waals surface area contributed by atoms with E-state index in [0.717, 1.165) is 46.7 Å². The highest BCUT2D eigenvalue weighted by molar-refractivity contribution is 5.98. The minimum atomic E-state index is -0.335. The Hall–Kier alpha value is -4.11. The van der Waals surface area contributed by atoms with Gasteiger partial charge in [0.25, 0.3) is 5.91 Å². The van der Waals surface area contributed by atoms with Crippen molar-refractivity contribution in [1.82, 2.24) is 29.8 Å². The lowest BCUT2D eigenvalue weighted by atomic mass is 9.95. The second-order valence-corrected chi connectivity index (χ2v) is 10.3. The van der Waals surface area contributed by atoms with E-state index in [1.165, 1.54) is 0 Å². The molecule has 3 aromatic rings. The zero-order chi connectivity index (χ0) is 27.7. The minimum Gasteiger partial charge on any atom is -0.496 e. The number of benzene rings is 1. The Morgan fingerprint density at radius 3 is 2.79 bits per heavy atom. The first-order valence-electron chi connectivity index (χ1n) is 13.3. The van der Waals surface area contributed by atoms with Crippen LogP contribution in [-0.2, 0) is 13.2 Å². The van der Waals surface area contributed by atoms with Crippen LogP contribution in [0.2, 0.25) is 0 Å². The molecule has 0 atom stereocenters. The molecule has 39 heavy (non-hydrogen) atoms. The lowest BCUT2D eigenvalue weighted by Gasteiger charge is -2.42. The zero-order valence-electron chi connectivity index (χ0n) is 23.3. The molecule has 1 N–H and O–H groups in total. The number of methoxy groups -OCH3 is 1. The lowest BCUT2D eigenvalue weighted by molar-refractivity contribution is 0.0468. The highest BCUT2D eigenvalue weighted by Gasteiger charge is 2.38. The number of rotatable bonds is 7. The van der Waals surface area contributed by atoms with E-state index in [4.69, 9.17) is 14.6 Å². The third-order valence-electron chi connectivity index (χ3n) is 7.30. The molecule has 9 nitrogen and oxygen atoms in total. The fourth-order valence-electron chi connectivity index (χ4n) is 5.31. The summed E-state index contributed by atoms with van der Waals surface area (Å²) in [5.41, 5.74) is 5.22. The van der Waals surface area contributed by atoms with Crippen LogP contribution in [0.4, 0.5) is 0 Å². The summed E-state index contributed by atoms with van der Waals surface area (Å²) in [6.45, 7) is 14.8. The summed E-state index contributed by atoms with van der Waals surface area (Å²) >= 11 is 0. The molecule has 9 heteroatoms. The number of amides is 1. The number of aromatic nitrogens is 4. The van der Waals surface area contributed by atoms with Gasteiger partial charge in [-0.05, 0) is 39.8 Å². The quantitative estimate of drug-likeness (QED) is 0.352. The zero-order valence-corrected chi connectivity index (χ0v) is 23.3. The van der Waals surface area contributed by atoms with Gasteiger partial charge in [-0.25, -0.2) is 4.68 Å². The molecule has 0 radical (unpaired) electrons. The number of nitrogens with one attached hydrogen (secondary N) is 1. The Morgan fingerprint density at radius 2 is 2.10 bits per heavy atom. The van der Waals surface area contributed by atoms with Crippen LogP contribution in [0.3, 0.4) is 0 Å². The molecule has 204 valence electrons. The van der Waals surface area contributed by atoms with E-state index in [1.807, 2.05) is 70.9 Å². The number of nitrogens with zero attached hydrogens (tertiary/aromatic N) is 5. The molecule has 1 aromatic carbocycles. The molecular formula is C30H36N6O3. The van der Waals surface area contributed by atoms with E-state index in [0.29, 0.717) is 30.3 Å². The van der Waals surface area contributed by atoms with Crippen molar-refractivity contribution in [2.75, 3.05) is 26.7 Å². The van der Waals surface area contributed by atoms with Crippen molar-refractivity contribution in [3.05, 3.63) is 66.7 Å². The van der Waals surface area contributed by atoms with Crippen molar-refractivity contribution >= 4 is 11.6 Å². The van der Waals surface area contributed by atoms with E-state index in [9.17, 15) is 4.79 Å². The Balaban J connectivity index is 1.71. The molecule has 0 unspecified atom stereocenters. The largest absolute Gasteiger partial charge is 0.496 e. The maximum atomic E-state index is 14.0. The fraction of sp³-hybridized carbons (Fsp3) is 0.367. The Labute approximate surface area is 229 Å². The van der Waals surface area contributed by atoms with Crippen LogP contribution in [0.1, 0.15) is 43.7 Å². The second kappa shape index (κ2) is 10.6. The fourth-order valence-corrected chi connectivity index (χ4v) is 5.31. The van der Waals surface area contributed by atoms with Gasteiger partial charge in [0.1, 0.15) is 18.1 Å².